The summed E-state index contributed by atoms with van der Waals surface area (Å²) in [6.07, 6.45) is 0.359. The SMILES string of the molecule is COc1ccc(C(=O)N[C@@H](Cc2ccccc2)C(=O)OC(C)(C)C)cc1. The number of methoxy groups -OCH3 is 1. The first-order chi connectivity index (χ1) is 12.3. The Balaban J connectivity index is 2.16. The molecule has 1 amide bonds. The lowest BCUT2D eigenvalue weighted by Gasteiger charge is -2.24. The highest BCUT2D eigenvalue weighted by molar-refractivity contribution is 5.97. The van der Waals surface area contributed by atoms with Gasteiger partial charge in [-0.1, -0.05) is 30.3 Å². The van der Waals surface area contributed by atoms with Crippen molar-refractivity contribution in [3.63, 3.8) is 0 Å². The van der Waals surface area contributed by atoms with Gasteiger partial charge in [-0.2, -0.15) is 0 Å². The molecule has 26 heavy (non-hydrogen) atoms. The van der Waals surface area contributed by atoms with E-state index >= 15 is 0 Å². The molecular weight excluding hydrogens is 330 g/mol. The topological polar surface area (TPSA) is 64.6 Å². The molecule has 0 saturated carbocycles. The van der Waals surface area contributed by atoms with Crippen LogP contribution in [0.2, 0.25) is 0 Å². The van der Waals surface area contributed by atoms with E-state index < -0.39 is 17.6 Å². The van der Waals surface area contributed by atoms with E-state index in [0.29, 0.717) is 17.7 Å². The fourth-order valence-electron chi connectivity index (χ4n) is 2.40. The molecule has 0 heterocycles. The summed E-state index contributed by atoms with van der Waals surface area (Å²) in [6, 6.07) is 15.5. The summed E-state index contributed by atoms with van der Waals surface area (Å²) in [7, 11) is 1.56. The van der Waals surface area contributed by atoms with Crippen molar-refractivity contribution in [3.05, 3.63) is 65.7 Å². The van der Waals surface area contributed by atoms with Gasteiger partial charge in [-0.3, -0.25) is 4.79 Å². The zero-order valence-corrected chi connectivity index (χ0v) is 15.6. The van der Waals surface area contributed by atoms with Crippen LogP contribution in [0, 0.1) is 0 Å². The van der Waals surface area contributed by atoms with E-state index in [-0.39, 0.29) is 5.91 Å². The Morgan fingerprint density at radius 1 is 1.00 bits per heavy atom. The summed E-state index contributed by atoms with van der Waals surface area (Å²) >= 11 is 0. The van der Waals surface area contributed by atoms with Crippen molar-refractivity contribution in [1.82, 2.24) is 5.32 Å². The van der Waals surface area contributed by atoms with Crippen LogP contribution in [0.1, 0.15) is 36.7 Å². The second kappa shape index (κ2) is 8.52. The van der Waals surface area contributed by atoms with Gasteiger partial charge in [0.25, 0.3) is 5.91 Å². The summed E-state index contributed by atoms with van der Waals surface area (Å²) in [5.41, 5.74) is 0.766. The van der Waals surface area contributed by atoms with Crippen LogP contribution in [0.3, 0.4) is 0 Å². The first-order valence-electron chi connectivity index (χ1n) is 8.50. The van der Waals surface area contributed by atoms with E-state index in [9.17, 15) is 9.59 Å². The largest absolute Gasteiger partial charge is 0.497 e. The lowest BCUT2D eigenvalue weighted by molar-refractivity contribution is -0.157. The zero-order valence-electron chi connectivity index (χ0n) is 15.6. The quantitative estimate of drug-likeness (QED) is 0.807. The van der Waals surface area contributed by atoms with Crippen molar-refractivity contribution in [2.24, 2.45) is 0 Å². The van der Waals surface area contributed by atoms with Crippen molar-refractivity contribution in [2.75, 3.05) is 7.11 Å². The molecule has 0 bridgehead atoms. The molecule has 0 aromatic heterocycles. The Morgan fingerprint density at radius 2 is 1.62 bits per heavy atom. The van der Waals surface area contributed by atoms with Crippen molar-refractivity contribution in [2.45, 2.75) is 38.8 Å². The number of nitrogens with one attached hydrogen (secondary N) is 1. The fourth-order valence-corrected chi connectivity index (χ4v) is 2.40. The molecule has 0 aliphatic carbocycles. The highest BCUT2D eigenvalue weighted by Crippen LogP contribution is 2.14. The molecule has 5 heteroatoms. The highest BCUT2D eigenvalue weighted by Gasteiger charge is 2.27. The van der Waals surface area contributed by atoms with Gasteiger partial charge in [0.15, 0.2) is 0 Å². The molecule has 0 aliphatic rings. The molecule has 0 saturated heterocycles. The van der Waals surface area contributed by atoms with Gasteiger partial charge < -0.3 is 14.8 Å². The molecule has 0 fully saturated rings. The maximum Gasteiger partial charge on any atom is 0.329 e. The van der Waals surface area contributed by atoms with E-state index in [1.165, 1.54) is 0 Å². The van der Waals surface area contributed by atoms with Gasteiger partial charge in [0.2, 0.25) is 0 Å². The first-order valence-corrected chi connectivity index (χ1v) is 8.50. The molecule has 0 unspecified atom stereocenters. The third-order valence-electron chi connectivity index (χ3n) is 3.63. The second-order valence-corrected chi connectivity index (χ2v) is 6.98. The molecule has 1 atom stereocenters. The average molecular weight is 355 g/mol. The summed E-state index contributed by atoms with van der Waals surface area (Å²) in [5, 5.41) is 2.79. The summed E-state index contributed by atoms with van der Waals surface area (Å²) in [5.74, 6) is -0.128. The van der Waals surface area contributed by atoms with Crippen LogP contribution in [-0.2, 0) is 16.0 Å². The Bertz CT molecular complexity index is 733. The standard InChI is InChI=1S/C21H25NO4/c1-21(2,3)26-20(24)18(14-15-8-6-5-7-9-15)22-19(23)16-10-12-17(25-4)13-11-16/h5-13,18H,14H2,1-4H3,(H,22,23)/t18-/m0/s1. The predicted octanol–water partition coefficient (Wildman–Crippen LogP) is 3.38. The number of carbonyl (C=O) groups excluding carboxylic acids is 2. The number of ether oxygens (including phenoxy) is 2. The van der Waals surface area contributed by atoms with Crippen molar-refractivity contribution < 1.29 is 19.1 Å². The Morgan fingerprint density at radius 3 is 2.15 bits per heavy atom. The smallest absolute Gasteiger partial charge is 0.329 e. The average Bonchev–Trinajstić information content (AvgIpc) is 2.60. The maximum atomic E-state index is 12.6. The summed E-state index contributed by atoms with van der Waals surface area (Å²) in [4.78, 5) is 25.1. The van der Waals surface area contributed by atoms with Gasteiger partial charge in [-0.15, -0.1) is 0 Å². The fraction of sp³-hybridized carbons (Fsp3) is 0.333. The predicted molar refractivity (Wildman–Crippen MR) is 100 cm³/mol. The minimum atomic E-state index is -0.772. The molecule has 138 valence electrons. The number of benzene rings is 2. The van der Waals surface area contributed by atoms with Gasteiger partial charge in [0.05, 0.1) is 7.11 Å². The normalized spacial score (nSPS) is 12.2. The Labute approximate surface area is 154 Å². The van der Waals surface area contributed by atoms with E-state index in [1.54, 1.807) is 52.1 Å². The molecule has 0 spiro atoms. The van der Waals surface area contributed by atoms with Gasteiger partial charge in [0.1, 0.15) is 17.4 Å². The summed E-state index contributed by atoms with van der Waals surface area (Å²) < 4.78 is 10.6. The molecule has 2 rings (SSSR count). The number of amides is 1. The molecule has 1 N–H and O–H groups in total. The van der Waals surface area contributed by atoms with Gasteiger partial charge in [-0.25, -0.2) is 4.79 Å². The van der Waals surface area contributed by atoms with Crippen LogP contribution in [0.5, 0.6) is 5.75 Å². The van der Waals surface area contributed by atoms with Crippen LogP contribution >= 0.6 is 0 Å². The number of carbonyl (C=O) groups is 2. The zero-order chi connectivity index (χ0) is 19.2. The lowest BCUT2D eigenvalue weighted by atomic mass is 10.0. The minimum absolute atomic E-state index is 0.334. The van der Waals surface area contributed by atoms with Crippen molar-refractivity contribution in [1.29, 1.82) is 0 Å². The number of esters is 1. The molecule has 2 aromatic carbocycles. The van der Waals surface area contributed by atoms with Crippen LogP contribution in [0.4, 0.5) is 0 Å². The molecule has 5 nitrogen and oxygen atoms in total. The maximum absolute atomic E-state index is 12.6. The summed E-state index contributed by atoms with van der Waals surface area (Å²) in [6.45, 7) is 5.40. The van der Waals surface area contributed by atoms with Gasteiger partial charge >= 0.3 is 5.97 Å². The van der Waals surface area contributed by atoms with E-state index in [2.05, 4.69) is 5.32 Å². The highest BCUT2D eigenvalue weighted by atomic mass is 16.6. The Hall–Kier alpha value is -2.82. The van der Waals surface area contributed by atoms with E-state index in [1.807, 2.05) is 30.3 Å². The minimum Gasteiger partial charge on any atom is -0.497 e. The van der Waals surface area contributed by atoms with Crippen LogP contribution in [0.15, 0.2) is 54.6 Å². The van der Waals surface area contributed by atoms with E-state index in [0.717, 1.165) is 5.56 Å². The number of rotatable bonds is 6. The second-order valence-electron chi connectivity index (χ2n) is 6.98. The molecule has 0 radical (unpaired) electrons. The molecule has 2 aromatic rings. The van der Waals surface area contributed by atoms with E-state index in [4.69, 9.17) is 9.47 Å². The molecular formula is C21H25NO4. The van der Waals surface area contributed by atoms with Crippen molar-refractivity contribution >= 4 is 11.9 Å². The third-order valence-corrected chi connectivity index (χ3v) is 3.63. The third kappa shape index (κ3) is 5.92. The van der Waals surface area contributed by atoms with Crippen molar-refractivity contribution in [3.8, 4) is 5.75 Å². The number of hydrogen-bond donors (Lipinski definition) is 1. The van der Waals surface area contributed by atoms with Crippen LogP contribution in [0.25, 0.3) is 0 Å². The van der Waals surface area contributed by atoms with Gasteiger partial charge in [-0.05, 0) is 50.6 Å². The molecule has 0 aliphatic heterocycles. The van der Waals surface area contributed by atoms with Crippen LogP contribution < -0.4 is 10.1 Å². The number of hydrogen-bond acceptors (Lipinski definition) is 4. The van der Waals surface area contributed by atoms with Gasteiger partial charge in [0, 0.05) is 12.0 Å². The first kappa shape index (κ1) is 19.5. The van der Waals surface area contributed by atoms with Crippen LogP contribution in [-0.4, -0.2) is 30.6 Å². The Kier molecular flexibility index (Phi) is 6.39. The monoisotopic (exact) mass is 355 g/mol. The lowest BCUT2D eigenvalue weighted by Crippen LogP contribution is -2.45.